The standard InChI is InChI=1S/C18H17N7O/c1-24(12-14-3-5-15(6-4-14)25-10-2-7-21-25)13-17-22-18(23-26-17)16-11-19-8-9-20-16/h2-11H,12-13H2,1H3. The first-order valence-electron chi connectivity index (χ1n) is 8.14. The third-order valence-corrected chi connectivity index (χ3v) is 3.82. The van der Waals surface area contributed by atoms with Crippen molar-refractivity contribution >= 4 is 0 Å². The van der Waals surface area contributed by atoms with E-state index in [1.807, 2.05) is 24.0 Å². The molecule has 0 aliphatic heterocycles. The van der Waals surface area contributed by atoms with Gasteiger partial charge in [0.1, 0.15) is 5.69 Å². The third-order valence-electron chi connectivity index (χ3n) is 3.82. The van der Waals surface area contributed by atoms with Gasteiger partial charge >= 0.3 is 0 Å². The van der Waals surface area contributed by atoms with Crippen molar-refractivity contribution in [2.24, 2.45) is 0 Å². The van der Waals surface area contributed by atoms with Gasteiger partial charge in [-0.05, 0) is 30.8 Å². The van der Waals surface area contributed by atoms with Crippen molar-refractivity contribution in [2.45, 2.75) is 13.1 Å². The number of aromatic nitrogens is 6. The highest BCUT2D eigenvalue weighted by Crippen LogP contribution is 2.14. The molecule has 4 rings (SSSR count). The average molecular weight is 347 g/mol. The summed E-state index contributed by atoms with van der Waals surface area (Å²) in [5.74, 6) is 0.992. The van der Waals surface area contributed by atoms with Crippen LogP contribution in [-0.4, -0.2) is 41.8 Å². The molecule has 0 unspecified atom stereocenters. The molecule has 0 bridgehead atoms. The highest BCUT2D eigenvalue weighted by atomic mass is 16.5. The lowest BCUT2D eigenvalue weighted by Crippen LogP contribution is -2.17. The SMILES string of the molecule is CN(Cc1ccc(-n2cccn2)cc1)Cc1nc(-c2cnccn2)no1. The summed E-state index contributed by atoms with van der Waals surface area (Å²) in [6.07, 6.45) is 8.51. The van der Waals surface area contributed by atoms with Gasteiger partial charge in [0, 0.05) is 31.3 Å². The summed E-state index contributed by atoms with van der Waals surface area (Å²) in [6.45, 7) is 1.32. The van der Waals surface area contributed by atoms with Crippen molar-refractivity contribution in [3.05, 3.63) is 72.8 Å². The minimum atomic E-state index is 0.449. The Bertz CT molecular complexity index is 949. The van der Waals surface area contributed by atoms with E-state index in [-0.39, 0.29) is 0 Å². The highest BCUT2D eigenvalue weighted by Gasteiger charge is 2.12. The van der Waals surface area contributed by atoms with Crippen LogP contribution in [0.25, 0.3) is 17.2 Å². The number of hydrogen-bond acceptors (Lipinski definition) is 7. The van der Waals surface area contributed by atoms with E-state index in [1.54, 1.807) is 24.8 Å². The van der Waals surface area contributed by atoms with E-state index in [9.17, 15) is 0 Å². The van der Waals surface area contributed by atoms with E-state index in [0.29, 0.717) is 24.0 Å². The Morgan fingerprint density at radius 2 is 1.96 bits per heavy atom. The van der Waals surface area contributed by atoms with Crippen LogP contribution in [-0.2, 0) is 13.1 Å². The van der Waals surface area contributed by atoms with Crippen LogP contribution < -0.4 is 0 Å². The summed E-state index contributed by atoms with van der Waals surface area (Å²) in [5, 5.41) is 8.19. The van der Waals surface area contributed by atoms with Crippen molar-refractivity contribution in [1.29, 1.82) is 0 Å². The molecule has 0 atom stereocenters. The Morgan fingerprint density at radius 3 is 2.69 bits per heavy atom. The predicted octanol–water partition coefficient (Wildman–Crippen LogP) is 2.34. The molecule has 0 saturated carbocycles. The fourth-order valence-corrected chi connectivity index (χ4v) is 2.61. The summed E-state index contributed by atoms with van der Waals surface area (Å²) in [5.41, 5.74) is 2.82. The molecule has 0 aliphatic carbocycles. The molecule has 4 aromatic rings. The molecule has 8 heteroatoms. The fourth-order valence-electron chi connectivity index (χ4n) is 2.61. The van der Waals surface area contributed by atoms with Gasteiger partial charge in [-0.15, -0.1) is 0 Å². The van der Waals surface area contributed by atoms with Gasteiger partial charge in [0.15, 0.2) is 0 Å². The van der Waals surface area contributed by atoms with Crippen LogP contribution in [0.4, 0.5) is 0 Å². The first kappa shape index (κ1) is 16.1. The summed E-state index contributed by atoms with van der Waals surface area (Å²) < 4.78 is 7.15. The molecule has 0 spiro atoms. The molecule has 8 nitrogen and oxygen atoms in total. The Morgan fingerprint density at radius 1 is 1.08 bits per heavy atom. The number of benzene rings is 1. The Hall–Kier alpha value is -3.39. The van der Waals surface area contributed by atoms with Crippen molar-refractivity contribution in [3.63, 3.8) is 0 Å². The van der Waals surface area contributed by atoms with Crippen LogP contribution in [0.1, 0.15) is 11.5 Å². The Balaban J connectivity index is 1.38. The molecular formula is C18H17N7O. The molecule has 26 heavy (non-hydrogen) atoms. The minimum absolute atomic E-state index is 0.449. The molecule has 130 valence electrons. The highest BCUT2D eigenvalue weighted by molar-refractivity contribution is 5.45. The van der Waals surface area contributed by atoms with Crippen LogP contribution in [0, 0.1) is 0 Å². The maximum Gasteiger partial charge on any atom is 0.241 e. The summed E-state index contributed by atoms with van der Waals surface area (Å²) in [4.78, 5) is 14.7. The molecule has 0 radical (unpaired) electrons. The molecular weight excluding hydrogens is 330 g/mol. The van der Waals surface area contributed by atoms with Gasteiger partial charge in [-0.2, -0.15) is 10.1 Å². The molecule has 0 fully saturated rings. The second-order valence-electron chi connectivity index (χ2n) is 5.89. The van der Waals surface area contributed by atoms with E-state index >= 15 is 0 Å². The van der Waals surface area contributed by atoms with Crippen molar-refractivity contribution in [3.8, 4) is 17.2 Å². The average Bonchev–Trinajstić information content (AvgIpc) is 3.35. The lowest BCUT2D eigenvalue weighted by molar-refractivity contribution is 0.261. The largest absolute Gasteiger partial charge is 0.337 e. The lowest BCUT2D eigenvalue weighted by atomic mass is 10.2. The van der Waals surface area contributed by atoms with Crippen molar-refractivity contribution in [1.82, 2.24) is 34.8 Å². The normalized spacial score (nSPS) is 11.2. The van der Waals surface area contributed by atoms with Crippen LogP contribution >= 0.6 is 0 Å². The van der Waals surface area contributed by atoms with Gasteiger partial charge in [-0.1, -0.05) is 17.3 Å². The maximum atomic E-state index is 5.31. The second-order valence-corrected chi connectivity index (χ2v) is 5.89. The summed E-state index contributed by atoms with van der Waals surface area (Å²) in [7, 11) is 2.01. The zero-order valence-electron chi connectivity index (χ0n) is 14.2. The summed E-state index contributed by atoms with van der Waals surface area (Å²) >= 11 is 0. The topological polar surface area (TPSA) is 85.8 Å². The van der Waals surface area contributed by atoms with E-state index in [4.69, 9.17) is 4.52 Å². The molecule has 3 aromatic heterocycles. The maximum absolute atomic E-state index is 5.31. The molecule has 0 N–H and O–H groups in total. The van der Waals surface area contributed by atoms with Crippen molar-refractivity contribution in [2.75, 3.05) is 7.05 Å². The van der Waals surface area contributed by atoms with Gasteiger partial charge in [0.25, 0.3) is 0 Å². The molecule has 3 heterocycles. The van der Waals surface area contributed by atoms with Crippen LogP contribution in [0.3, 0.4) is 0 Å². The van der Waals surface area contributed by atoms with Crippen LogP contribution in [0.15, 0.2) is 65.8 Å². The Kier molecular flexibility index (Phi) is 4.48. The van der Waals surface area contributed by atoms with Crippen molar-refractivity contribution < 1.29 is 4.52 Å². The van der Waals surface area contributed by atoms with E-state index in [0.717, 1.165) is 12.2 Å². The second kappa shape index (κ2) is 7.24. The smallest absolute Gasteiger partial charge is 0.241 e. The van der Waals surface area contributed by atoms with Gasteiger partial charge in [-0.25, -0.2) is 9.67 Å². The zero-order valence-corrected chi connectivity index (χ0v) is 14.2. The van der Waals surface area contributed by atoms with Crippen LogP contribution in [0.2, 0.25) is 0 Å². The predicted molar refractivity (Wildman–Crippen MR) is 94.1 cm³/mol. The molecule has 0 saturated heterocycles. The number of hydrogen-bond donors (Lipinski definition) is 0. The number of nitrogens with zero attached hydrogens (tertiary/aromatic N) is 7. The zero-order chi connectivity index (χ0) is 17.8. The molecule has 1 aromatic carbocycles. The number of rotatable bonds is 6. The fraction of sp³-hybridized carbons (Fsp3) is 0.167. The first-order valence-corrected chi connectivity index (χ1v) is 8.14. The van der Waals surface area contributed by atoms with Gasteiger partial charge < -0.3 is 4.52 Å². The van der Waals surface area contributed by atoms with Crippen LogP contribution in [0.5, 0.6) is 0 Å². The summed E-state index contributed by atoms with van der Waals surface area (Å²) in [6, 6.07) is 10.2. The first-order chi connectivity index (χ1) is 12.8. The lowest BCUT2D eigenvalue weighted by Gasteiger charge is -2.14. The Labute approximate surface area is 150 Å². The molecule has 0 amide bonds. The minimum Gasteiger partial charge on any atom is -0.337 e. The monoisotopic (exact) mass is 347 g/mol. The quantitative estimate of drug-likeness (QED) is 0.529. The van der Waals surface area contributed by atoms with Gasteiger partial charge in [-0.3, -0.25) is 9.88 Å². The molecule has 0 aliphatic rings. The van der Waals surface area contributed by atoms with Gasteiger partial charge in [0.2, 0.25) is 11.7 Å². The van der Waals surface area contributed by atoms with E-state index in [2.05, 4.69) is 54.4 Å². The third kappa shape index (κ3) is 3.65. The van der Waals surface area contributed by atoms with Gasteiger partial charge in [0.05, 0.1) is 18.4 Å². The van der Waals surface area contributed by atoms with E-state index < -0.39 is 0 Å². The van der Waals surface area contributed by atoms with E-state index in [1.165, 1.54) is 5.56 Å².